The molecular formula is C14H15N7O2. The van der Waals surface area contributed by atoms with Crippen molar-refractivity contribution >= 4 is 5.91 Å². The van der Waals surface area contributed by atoms with Crippen molar-refractivity contribution in [3.8, 4) is 11.5 Å². The number of nitrogens with zero attached hydrogens (tertiary/aromatic N) is 6. The first-order valence-corrected chi connectivity index (χ1v) is 7.26. The van der Waals surface area contributed by atoms with Gasteiger partial charge in [0, 0.05) is 26.2 Å². The third kappa shape index (κ3) is 2.30. The van der Waals surface area contributed by atoms with Gasteiger partial charge in [-0.3, -0.25) is 9.48 Å². The molecule has 0 aromatic carbocycles. The molecule has 9 nitrogen and oxygen atoms in total. The summed E-state index contributed by atoms with van der Waals surface area (Å²) in [7, 11) is 1.81. The van der Waals surface area contributed by atoms with Crippen LogP contribution in [0.1, 0.15) is 27.8 Å². The molecule has 23 heavy (non-hydrogen) atoms. The summed E-state index contributed by atoms with van der Waals surface area (Å²) in [5.41, 5.74) is 3.46. The second-order valence-corrected chi connectivity index (χ2v) is 5.52. The molecule has 0 spiro atoms. The quantitative estimate of drug-likeness (QED) is 0.746. The van der Waals surface area contributed by atoms with E-state index in [2.05, 4.69) is 25.3 Å². The number of aromatic nitrogens is 6. The molecule has 1 aliphatic heterocycles. The van der Waals surface area contributed by atoms with Crippen molar-refractivity contribution < 1.29 is 9.21 Å². The van der Waals surface area contributed by atoms with E-state index in [0.717, 1.165) is 22.6 Å². The van der Waals surface area contributed by atoms with Gasteiger partial charge in [0.05, 0.1) is 35.5 Å². The number of nitrogens with one attached hydrogen (secondary N) is 1. The Balaban J connectivity index is 1.57. The number of aromatic amines is 1. The molecule has 1 amide bonds. The summed E-state index contributed by atoms with van der Waals surface area (Å²) in [5, 5.41) is 12.1. The number of carbonyl (C=O) groups is 1. The Labute approximate surface area is 131 Å². The van der Waals surface area contributed by atoms with Crippen molar-refractivity contribution in [2.24, 2.45) is 7.05 Å². The lowest BCUT2D eigenvalue weighted by Crippen LogP contribution is -2.36. The van der Waals surface area contributed by atoms with Crippen LogP contribution in [-0.2, 0) is 20.0 Å². The van der Waals surface area contributed by atoms with E-state index in [1.807, 2.05) is 14.0 Å². The molecule has 118 valence electrons. The van der Waals surface area contributed by atoms with E-state index in [4.69, 9.17) is 4.42 Å². The van der Waals surface area contributed by atoms with Crippen molar-refractivity contribution in [1.82, 2.24) is 34.8 Å². The van der Waals surface area contributed by atoms with Crippen molar-refractivity contribution in [3.63, 3.8) is 0 Å². The summed E-state index contributed by atoms with van der Waals surface area (Å²) in [6.07, 6.45) is 4.15. The number of carbonyl (C=O) groups excluding carboxylic acids is 1. The van der Waals surface area contributed by atoms with Gasteiger partial charge in [0.2, 0.25) is 0 Å². The highest BCUT2D eigenvalue weighted by atomic mass is 16.4. The smallest absolute Gasteiger partial charge is 0.311 e. The maximum Gasteiger partial charge on any atom is 0.311 e. The average Bonchev–Trinajstić information content (AvgIpc) is 3.24. The Morgan fingerprint density at radius 3 is 3.04 bits per heavy atom. The van der Waals surface area contributed by atoms with Crippen LogP contribution in [0.5, 0.6) is 0 Å². The summed E-state index contributed by atoms with van der Waals surface area (Å²) in [6.45, 7) is 2.91. The molecule has 0 atom stereocenters. The van der Waals surface area contributed by atoms with Gasteiger partial charge in [-0.2, -0.15) is 5.10 Å². The van der Waals surface area contributed by atoms with Crippen LogP contribution >= 0.6 is 0 Å². The lowest BCUT2D eigenvalue weighted by atomic mass is 10.1. The fourth-order valence-corrected chi connectivity index (χ4v) is 2.75. The average molecular weight is 313 g/mol. The summed E-state index contributed by atoms with van der Waals surface area (Å²) in [4.78, 5) is 21.5. The van der Waals surface area contributed by atoms with Crippen LogP contribution in [0.25, 0.3) is 11.5 Å². The van der Waals surface area contributed by atoms with Crippen molar-refractivity contribution in [3.05, 3.63) is 35.5 Å². The summed E-state index contributed by atoms with van der Waals surface area (Å²) in [5.74, 6) is 0.0231. The normalized spacial score (nSPS) is 14.1. The van der Waals surface area contributed by atoms with Crippen molar-refractivity contribution in [2.75, 3.05) is 6.54 Å². The third-order valence-electron chi connectivity index (χ3n) is 3.91. The molecule has 0 radical (unpaired) electrons. The topological polar surface area (TPSA) is 106 Å². The molecule has 3 aromatic rings. The van der Waals surface area contributed by atoms with Gasteiger partial charge in [-0.1, -0.05) is 0 Å². The molecule has 0 bridgehead atoms. The van der Waals surface area contributed by atoms with Gasteiger partial charge in [0.1, 0.15) is 0 Å². The van der Waals surface area contributed by atoms with Gasteiger partial charge in [-0.05, 0) is 6.92 Å². The number of amides is 1. The maximum atomic E-state index is 12.5. The first-order valence-electron chi connectivity index (χ1n) is 7.26. The number of H-pyrrole nitrogens is 1. The Hall–Kier alpha value is -2.97. The Bertz CT molecular complexity index is 875. The minimum Gasteiger partial charge on any atom is -0.412 e. The predicted molar refractivity (Wildman–Crippen MR) is 78.3 cm³/mol. The number of imidazole rings is 1. The maximum absolute atomic E-state index is 12.5. The highest BCUT2D eigenvalue weighted by Crippen LogP contribution is 2.22. The van der Waals surface area contributed by atoms with Crippen molar-refractivity contribution in [1.29, 1.82) is 0 Å². The van der Waals surface area contributed by atoms with E-state index in [0.29, 0.717) is 25.4 Å². The number of hydrogen-bond donors (Lipinski definition) is 1. The van der Waals surface area contributed by atoms with Gasteiger partial charge in [-0.15, -0.1) is 10.2 Å². The fourth-order valence-electron chi connectivity index (χ4n) is 2.75. The van der Waals surface area contributed by atoms with Crippen LogP contribution in [-0.4, -0.2) is 47.3 Å². The summed E-state index contributed by atoms with van der Waals surface area (Å²) in [6, 6.07) is 0. The van der Waals surface area contributed by atoms with E-state index < -0.39 is 0 Å². The van der Waals surface area contributed by atoms with E-state index >= 15 is 0 Å². The molecule has 0 fully saturated rings. The van der Waals surface area contributed by atoms with Gasteiger partial charge < -0.3 is 14.3 Å². The molecule has 0 unspecified atom stereocenters. The standard InChI is InChI=1S/C14H15N7O2/c1-8-9(5-20(2)19-8)12-17-18-13(23-12)14(22)21-4-3-10-11(6-21)16-7-15-10/h5,7H,3-4,6H2,1-2H3,(H,15,16). The zero-order chi connectivity index (χ0) is 16.0. The first kappa shape index (κ1) is 13.7. The molecule has 0 saturated heterocycles. The molecule has 4 heterocycles. The second-order valence-electron chi connectivity index (χ2n) is 5.52. The predicted octanol–water partition coefficient (Wildman–Crippen LogP) is 0.700. The largest absolute Gasteiger partial charge is 0.412 e. The van der Waals surface area contributed by atoms with E-state index in [-0.39, 0.29) is 11.8 Å². The monoisotopic (exact) mass is 313 g/mol. The zero-order valence-corrected chi connectivity index (χ0v) is 12.8. The Kier molecular flexibility index (Phi) is 3.00. The number of rotatable bonds is 2. The van der Waals surface area contributed by atoms with Crippen LogP contribution in [0.3, 0.4) is 0 Å². The lowest BCUT2D eigenvalue weighted by Gasteiger charge is -2.24. The SMILES string of the molecule is Cc1nn(C)cc1-c1nnc(C(=O)N2CCc3nc[nH]c3C2)o1. The minimum atomic E-state index is -0.273. The van der Waals surface area contributed by atoms with Gasteiger partial charge in [0.15, 0.2) is 0 Å². The zero-order valence-electron chi connectivity index (χ0n) is 12.8. The van der Waals surface area contributed by atoms with E-state index in [9.17, 15) is 4.79 Å². The molecule has 3 aromatic heterocycles. The Morgan fingerprint density at radius 1 is 1.39 bits per heavy atom. The van der Waals surface area contributed by atoms with Crippen LogP contribution in [0.15, 0.2) is 16.9 Å². The number of fused-ring (bicyclic) bond motifs is 1. The van der Waals surface area contributed by atoms with Crippen LogP contribution < -0.4 is 0 Å². The Morgan fingerprint density at radius 2 is 2.26 bits per heavy atom. The highest BCUT2D eigenvalue weighted by Gasteiger charge is 2.27. The molecular weight excluding hydrogens is 298 g/mol. The second kappa shape index (κ2) is 5.04. The molecule has 1 aliphatic rings. The van der Waals surface area contributed by atoms with Crippen molar-refractivity contribution in [2.45, 2.75) is 19.9 Å². The highest BCUT2D eigenvalue weighted by molar-refractivity contribution is 5.89. The molecule has 0 aliphatic carbocycles. The molecule has 4 rings (SSSR count). The number of aryl methyl sites for hydroxylation is 2. The summed E-state index contributed by atoms with van der Waals surface area (Å²) < 4.78 is 7.22. The summed E-state index contributed by atoms with van der Waals surface area (Å²) >= 11 is 0. The van der Waals surface area contributed by atoms with Crippen LogP contribution in [0.4, 0.5) is 0 Å². The third-order valence-corrected chi connectivity index (χ3v) is 3.91. The van der Waals surface area contributed by atoms with Gasteiger partial charge in [-0.25, -0.2) is 4.98 Å². The minimum absolute atomic E-state index is 0.00813. The molecule has 0 saturated carbocycles. The van der Waals surface area contributed by atoms with E-state index in [1.54, 1.807) is 22.1 Å². The van der Waals surface area contributed by atoms with E-state index in [1.165, 1.54) is 0 Å². The molecule has 1 N–H and O–H groups in total. The van der Waals surface area contributed by atoms with Gasteiger partial charge >= 0.3 is 11.8 Å². The fraction of sp³-hybridized carbons (Fsp3) is 0.357. The lowest BCUT2D eigenvalue weighted by molar-refractivity contribution is 0.0692. The number of hydrogen-bond acceptors (Lipinski definition) is 6. The first-order chi connectivity index (χ1) is 11.1. The van der Waals surface area contributed by atoms with Gasteiger partial charge in [0.25, 0.3) is 5.89 Å². The molecule has 9 heteroatoms. The van der Waals surface area contributed by atoms with Crippen LogP contribution in [0, 0.1) is 6.92 Å². The van der Waals surface area contributed by atoms with Crippen LogP contribution in [0.2, 0.25) is 0 Å².